The Kier molecular flexibility index (Phi) is 5.62. The zero-order valence-electron chi connectivity index (χ0n) is 16.4. The first kappa shape index (κ1) is 19.2. The summed E-state index contributed by atoms with van der Waals surface area (Å²) in [5.41, 5.74) is 2.88. The molecule has 1 amide bonds. The number of fused-ring (bicyclic) bond motifs is 1. The molecule has 1 atom stereocenters. The first-order chi connectivity index (χ1) is 14.1. The average Bonchev–Trinajstić information content (AvgIpc) is 3.25. The number of amides is 1. The Morgan fingerprint density at radius 2 is 2.14 bits per heavy atom. The minimum absolute atomic E-state index is 0.0508. The van der Waals surface area contributed by atoms with Gasteiger partial charge < -0.3 is 19.6 Å². The number of phenols is 1. The fraction of sp³-hybridized carbons (Fsp3) is 0.304. The van der Waals surface area contributed by atoms with Crippen LogP contribution in [0.25, 0.3) is 11.0 Å². The molecule has 6 heteroatoms. The number of carbonyl (C=O) groups excluding carboxylic acids is 1. The number of hydrogen-bond donors (Lipinski definition) is 2. The van der Waals surface area contributed by atoms with E-state index in [-0.39, 0.29) is 23.3 Å². The summed E-state index contributed by atoms with van der Waals surface area (Å²) in [7, 11) is 0. The lowest BCUT2D eigenvalue weighted by Gasteiger charge is -2.11. The van der Waals surface area contributed by atoms with Crippen LogP contribution < -0.4 is 10.9 Å². The zero-order valence-corrected chi connectivity index (χ0v) is 16.4. The number of nitrogens with zero attached hydrogens (tertiary/aromatic N) is 1. The zero-order chi connectivity index (χ0) is 20.2. The number of carbonyl (C=O) groups is 1. The molecule has 1 aliphatic rings. The fourth-order valence-corrected chi connectivity index (χ4v) is 3.42. The molecule has 150 valence electrons. The van der Waals surface area contributed by atoms with E-state index in [9.17, 15) is 9.90 Å². The second kappa shape index (κ2) is 8.49. The number of phenolic OH excluding ortho intramolecular Hbond substituents is 1. The van der Waals surface area contributed by atoms with E-state index in [0.29, 0.717) is 28.8 Å². The minimum atomic E-state index is -0.260. The van der Waals surface area contributed by atoms with E-state index < -0.39 is 0 Å². The van der Waals surface area contributed by atoms with Crippen molar-refractivity contribution in [3.63, 3.8) is 0 Å². The van der Waals surface area contributed by atoms with Crippen LogP contribution in [-0.4, -0.2) is 30.3 Å². The SMILES string of the molecule is CCc1cccc(N=c2oc3cc(O)ccc3cc2C(=O)NCC2CCCO2)c1. The normalized spacial score (nSPS) is 17.0. The van der Waals surface area contributed by atoms with Gasteiger partial charge in [0.15, 0.2) is 0 Å². The summed E-state index contributed by atoms with van der Waals surface area (Å²) in [6.45, 7) is 3.27. The molecule has 0 saturated carbocycles. The van der Waals surface area contributed by atoms with Gasteiger partial charge in [-0.15, -0.1) is 0 Å². The molecule has 4 rings (SSSR count). The summed E-state index contributed by atoms with van der Waals surface area (Å²) < 4.78 is 11.5. The summed E-state index contributed by atoms with van der Waals surface area (Å²) in [5, 5.41) is 13.4. The van der Waals surface area contributed by atoms with Crippen molar-refractivity contribution in [3.8, 4) is 5.75 Å². The molecule has 2 aromatic carbocycles. The van der Waals surface area contributed by atoms with Crippen molar-refractivity contribution in [3.05, 3.63) is 65.2 Å². The van der Waals surface area contributed by atoms with Crippen LogP contribution in [0.15, 0.2) is 57.9 Å². The highest BCUT2D eigenvalue weighted by Crippen LogP contribution is 2.20. The van der Waals surface area contributed by atoms with Gasteiger partial charge in [0.1, 0.15) is 16.9 Å². The third kappa shape index (κ3) is 4.49. The molecule has 1 saturated heterocycles. The van der Waals surface area contributed by atoms with Crippen LogP contribution in [0, 0.1) is 0 Å². The molecule has 1 aliphatic heterocycles. The molecule has 0 bridgehead atoms. The van der Waals surface area contributed by atoms with Gasteiger partial charge in [-0.2, -0.15) is 0 Å². The summed E-state index contributed by atoms with van der Waals surface area (Å²) >= 11 is 0. The van der Waals surface area contributed by atoms with Crippen LogP contribution in [0.3, 0.4) is 0 Å². The smallest absolute Gasteiger partial charge is 0.256 e. The second-order valence-electron chi connectivity index (χ2n) is 7.17. The van der Waals surface area contributed by atoms with Gasteiger partial charge in [-0.05, 0) is 55.2 Å². The highest BCUT2D eigenvalue weighted by atomic mass is 16.5. The van der Waals surface area contributed by atoms with Crippen LogP contribution in [0.5, 0.6) is 5.75 Å². The lowest BCUT2D eigenvalue weighted by atomic mass is 10.1. The molecule has 1 fully saturated rings. The minimum Gasteiger partial charge on any atom is -0.508 e. The quantitative estimate of drug-likeness (QED) is 0.691. The van der Waals surface area contributed by atoms with Crippen molar-refractivity contribution in [1.82, 2.24) is 5.32 Å². The van der Waals surface area contributed by atoms with E-state index >= 15 is 0 Å². The predicted octanol–water partition coefficient (Wildman–Crippen LogP) is 3.84. The second-order valence-corrected chi connectivity index (χ2v) is 7.17. The summed E-state index contributed by atoms with van der Waals surface area (Å²) in [6, 6.07) is 14.3. The van der Waals surface area contributed by atoms with Gasteiger partial charge in [0.05, 0.1) is 11.8 Å². The molecule has 3 aromatic rings. The molecule has 6 nitrogen and oxygen atoms in total. The molecule has 0 radical (unpaired) electrons. The van der Waals surface area contributed by atoms with E-state index in [1.54, 1.807) is 18.2 Å². The molecule has 1 aromatic heterocycles. The maximum absolute atomic E-state index is 12.9. The Bertz CT molecular complexity index is 1100. The first-order valence-corrected chi connectivity index (χ1v) is 9.93. The van der Waals surface area contributed by atoms with Gasteiger partial charge >= 0.3 is 0 Å². The van der Waals surface area contributed by atoms with E-state index in [0.717, 1.165) is 31.4 Å². The Morgan fingerprint density at radius 1 is 1.24 bits per heavy atom. The van der Waals surface area contributed by atoms with Crippen LogP contribution in [0.4, 0.5) is 5.69 Å². The van der Waals surface area contributed by atoms with Crippen LogP contribution in [0.2, 0.25) is 0 Å². The van der Waals surface area contributed by atoms with Gasteiger partial charge in [0.2, 0.25) is 5.55 Å². The highest BCUT2D eigenvalue weighted by Gasteiger charge is 2.18. The fourth-order valence-electron chi connectivity index (χ4n) is 3.42. The monoisotopic (exact) mass is 392 g/mol. The molecule has 2 N–H and O–H groups in total. The van der Waals surface area contributed by atoms with Gasteiger partial charge in [0.25, 0.3) is 5.91 Å². The Labute approximate surface area is 168 Å². The molecule has 0 aliphatic carbocycles. The van der Waals surface area contributed by atoms with E-state index in [1.165, 1.54) is 6.07 Å². The van der Waals surface area contributed by atoms with Crippen molar-refractivity contribution in [2.75, 3.05) is 13.2 Å². The number of nitrogens with one attached hydrogen (secondary N) is 1. The summed E-state index contributed by atoms with van der Waals surface area (Å²) in [6.07, 6.45) is 2.91. The van der Waals surface area contributed by atoms with Crippen molar-refractivity contribution >= 4 is 22.6 Å². The van der Waals surface area contributed by atoms with Crippen LogP contribution >= 0.6 is 0 Å². The third-order valence-electron chi connectivity index (χ3n) is 5.04. The number of hydrogen-bond acceptors (Lipinski definition) is 5. The lowest BCUT2D eigenvalue weighted by molar-refractivity contribution is 0.0854. The van der Waals surface area contributed by atoms with E-state index in [4.69, 9.17) is 9.15 Å². The highest BCUT2D eigenvalue weighted by molar-refractivity contribution is 5.96. The van der Waals surface area contributed by atoms with Gasteiger partial charge in [-0.1, -0.05) is 19.1 Å². The van der Waals surface area contributed by atoms with Gasteiger partial charge in [-0.25, -0.2) is 4.99 Å². The number of aryl methyl sites for hydroxylation is 1. The first-order valence-electron chi connectivity index (χ1n) is 9.93. The number of rotatable bonds is 5. The largest absolute Gasteiger partial charge is 0.508 e. The topological polar surface area (TPSA) is 84.1 Å². The molecule has 1 unspecified atom stereocenters. The Hall–Kier alpha value is -3.12. The van der Waals surface area contributed by atoms with Crippen molar-refractivity contribution < 1.29 is 19.1 Å². The maximum Gasteiger partial charge on any atom is 0.256 e. The van der Waals surface area contributed by atoms with E-state index in [2.05, 4.69) is 17.2 Å². The Balaban J connectivity index is 1.75. The average molecular weight is 392 g/mol. The number of benzene rings is 2. The van der Waals surface area contributed by atoms with Crippen LogP contribution in [-0.2, 0) is 11.2 Å². The molecule has 29 heavy (non-hydrogen) atoms. The van der Waals surface area contributed by atoms with E-state index in [1.807, 2.05) is 24.3 Å². The number of ether oxygens (including phenoxy) is 1. The van der Waals surface area contributed by atoms with Gasteiger partial charge in [-0.3, -0.25) is 4.79 Å². The summed E-state index contributed by atoms with van der Waals surface area (Å²) in [4.78, 5) is 17.5. The van der Waals surface area contributed by atoms with Crippen molar-refractivity contribution in [2.45, 2.75) is 32.3 Å². The Morgan fingerprint density at radius 3 is 2.93 bits per heavy atom. The lowest BCUT2D eigenvalue weighted by Crippen LogP contribution is -2.34. The van der Waals surface area contributed by atoms with Crippen molar-refractivity contribution in [1.29, 1.82) is 0 Å². The maximum atomic E-state index is 12.9. The predicted molar refractivity (Wildman–Crippen MR) is 110 cm³/mol. The molecular formula is C23H24N2O4. The molecular weight excluding hydrogens is 368 g/mol. The van der Waals surface area contributed by atoms with Gasteiger partial charge in [0, 0.05) is 24.6 Å². The standard InChI is InChI=1S/C23H24N2O4/c1-2-15-5-3-6-17(11-15)25-23-20(22(27)24-14-19-7-4-10-28-19)12-16-8-9-18(26)13-21(16)29-23/h3,5-6,8-9,11-13,19,26H,2,4,7,10,14H2,1H3,(H,24,27). The summed E-state index contributed by atoms with van der Waals surface area (Å²) in [5.74, 6) is -0.166. The number of aromatic hydroxyl groups is 1. The molecule has 2 heterocycles. The van der Waals surface area contributed by atoms with Crippen LogP contribution in [0.1, 0.15) is 35.7 Å². The third-order valence-corrected chi connectivity index (χ3v) is 5.04. The molecule has 0 spiro atoms. The van der Waals surface area contributed by atoms with Crippen molar-refractivity contribution in [2.24, 2.45) is 4.99 Å².